The maximum atomic E-state index is 13.2. The van der Waals surface area contributed by atoms with Crippen LogP contribution in [0.4, 0.5) is 4.79 Å². The van der Waals surface area contributed by atoms with Gasteiger partial charge in [0.1, 0.15) is 5.25 Å². The summed E-state index contributed by atoms with van der Waals surface area (Å²) in [5, 5.41) is 4.73. The molecule has 1 amide bonds. The van der Waals surface area contributed by atoms with Crippen LogP contribution >= 0.6 is 11.8 Å². The Kier molecular flexibility index (Phi) is 6.10. The van der Waals surface area contributed by atoms with Crippen molar-refractivity contribution in [3.63, 3.8) is 0 Å². The Morgan fingerprint density at radius 3 is 2.50 bits per heavy atom. The van der Waals surface area contributed by atoms with Crippen LogP contribution < -0.4 is 0 Å². The number of aromatic nitrogens is 3. The highest BCUT2D eigenvalue weighted by Crippen LogP contribution is 2.41. The van der Waals surface area contributed by atoms with E-state index in [1.165, 1.54) is 22.0 Å². The van der Waals surface area contributed by atoms with E-state index in [2.05, 4.69) is 46.2 Å². The van der Waals surface area contributed by atoms with Gasteiger partial charge in [0.15, 0.2) is 11.0 Å². The van der Waals surface area contributed by atoms with Gasteiger partial charge in [-0.2, -0.15) is 4.68 Å². The van der Waals surface area contributed by atoms with Crippen LogP contribution in [-0.2, 0) is 11.2 Å². The lowest BCUT2D eigenvalue weighted by molar-refractivity contribution is 0.0600. The minimum Gasteiger partial charge on any atom is -0.450 e. The monoisotopic (exact) mass is 429 g/mol. The lowest BCUT2D eigenvalue weighted by Crippen LogP contribution is -2.52. The van der Waals surface area contributed by atoms with Gasteiger partial charge >= 0.3 is 6.09 Å². The molecular formula is C21H27N5O3S. The molecule has 0 N–H and O–H groups in total. The minimum absolute atomic E-state index is 0.0272. The van der Waals surface area contributed by atoms with E-state index in [1.54, 1.807) is 4.90 Å². The van der Waals surface area contributed by atoms with Crippen molar-refractivity contribution in [2.75, 3.05) is 32.8 Å². The van der Waals surface area contributed by atoms with Gasteiger partial charge in [0.05, 0.1) is 12.6 Å². The topological polar surface area (TPSA) is 80.6 Å². The zero-order valence-corrected chi connectivity index (χ0v) is 18.4. The number of amides is 1. The summed E-state index contributed by atoms with van der Waals surface area (Å²) >= 11 is 1.49. The number of ether oxygens (including phenoxy) is 1. The van der Waals surface area contributed by atoms with Crippen molar-refractivity contribution in [3.8, 4) is 0 Å². The molecule has 2 aromatic rings. The SMILES string of the molecule is CCOC(=O)N1CCN(C(c2ccc(C)cc2)C2Sc3nc(CC)nn3C2=O)CC1. The minimum atomic E-state index is -0.317. The third-order valence-corrected chi connectivity index (χ3v) is 6.75. The average Bonchev–Trinajstić information content (AvgIpc) is 3.29. The van der Waals surface area contributed by atoms with E-state index in [-0.39, 0.29) is 23.3 Å². The van der Waals surface area contributed by atoms with Gasteiger partial charge in [-0.3, -0.25) is 9.69 Å². The summed E-state index contributed by atoms with van der Waals surface area (Å²) in [6, 6.07) is 8.23. The van der Waals surface area contributed by atoms with Crippen LogP contribution in [0.2, 0.25) is 0 Å². The molecule has 9 heteroatoms. The van der Waals surface area contributed by atoms with Crippen molar-refractivity contribution in [3.05, 3.63) is 41.2 Å². The maximum absolute atomic E-state index is 13.2. The first kappa shape index (κ1) is 20.9. The molecular weight excluding hydrogens is 402 g/mol. The van der Waals surface area contributed by atoms with Crippen molar-refractivity contribution in [1.82, 2.24) is 24.6 Å². The molecule has 30 heavy (non-hydrogen) atoms. The van der Waals surface area contributed by atoms with Crippen LogP contribution in [0.1, 0.15) is 41.6 Å². The molecule has 1 aromatic carbocycles. The number of piperazine rings is 1. The second-order valence-electron chi connectivity index (χ2n) is 7.53. The molecule has 2 atom stereocenters. The van der Waals surface area contributed by atoms with Crippen LogP contribution in [0.25, 0.3) is 0 Å². The van der Waals surface area contributed by atoms with E-state index in [9.17, 15) is 9.59 Å². The number of benzene rings is 1. The lowest BCUT2D eigenvalue weighted by Gasteiger charge is -2.40. The fraction of sp³-hybridized carbons (Fsp3) is 0.524. The fourth-order valence-corrected chi connectivity index (χ4v) is 5.20. The Hall–Kier alpha value is -2.39. The summed E-state index contributed by atoms with van der Waals surface area (Å²) in [6.45, 7) is 8.73. The first-order chi connectivity index (χ1) is 14.5. The van der Waals surface area contributed by atoms with Crippen molar-refractivity contribution in [1.29, 1.82) is 0 Å². The highest BCUT2D eigenvalue weighted by atomic mass is 32.2. The molecule has 0 radical (unpaired) electrons. The van der Waals surface area contributed by atoms with Crippen LogP contribution in [0.5, 0.6) is 0 Å². The quantitative estimate of drug-likeness (QED) is 0.723. The molecule has 1 aromatic heterocycles. The molecule has 0 spiro atoms. The molecule has 160 valence electrons. The standard InChI is InChI=1S/C21H27N5O3S/c1-4-16-22-20-26(23-16)19(27)18(30-20)17(15-8-6-14(3)7-9-15)24-10-12-25(13-11-24)21(28)29-5-2/h6-9,17-18H,4-5,10-13H2,1-3H3. The number of fused-ring (bicyclic) bond motifs is 1. The number of hydrogen-bond acceptors (Lipinski definition) is 7. The van der Waals surface area contributed by atoms with Gasteiger partial charge in [-0.05, 0) is 19.4 Å². The number of hydrogen-bond donors (Lipinski definition) is 0. The zero-order valence-electron chi connectivity index (χ0n) is 17.6. The van der Waals surface area contributed by atoms with Gasteiger partial charge in [-0.1, -0.05) is 48.5 Å². The summed E-state index contributed by atoms with van der Waals surface area (Å²) in [7, 11) is 0. The second-order valence-corrected chi connectivity index (χ2v) is 8.64. The Labute approximate surface area is 180 Å². The molecule has 2 unspecified atom stereocenters. The molecule has 0 bridgehead atoms. The average molecular weight is 430 g/mol. The smallest absolute Gasteiger partial charge is 0.409 e. The Morgan fingerprint density at radius 1 is 1.20 bits per heavy atom. The number of carbonyl (C=O) groups is 2. The largest absolute Gasteiger partial charge is 0.450 e. The first-order valence-corrected chi connectivity index (χ1v) is 11.3. The summed E-state index contributed by atoms with van der Waals surface area (Å²) < 4.78 is 6.60. The van der Waals surface area contributed by atoms with E-state index in [0.29, 0.717) is 50.2 Å². The second kappa shape index (κ2) is 8.77. The highest BCUT2D eigenvalue weighted by Gasteiger charge is 2.43. The van der Waals surface area contributed by atoms with E-state index in [4.69, 9.17) is 4.74 Å². The van der Waals surface area contributed by atoms with Gasteiger partial charge < -0.3 is 9.64 Å². The van der Waals surface area contributed by atoms with E-state index < -0.39 is 0 Å². The number of thioether (sulfide) groups is 1. The lowest BCUT2D eigenvalue weighted by atomic mass is 9.99. The predicted molar refractivity (Wildman–Crippen MR) is 114 cm³/mol. The van der Waals surface area contributed by atoms with Crippen LogP contribution in [0.15, 0.2) is 29.4 Å². The number of nitrogens with zero attached hydrogens (tertiary/aromatic N) is 5. The van der Waals surface area contributed by atoms with Crippen LogP contribution in [0.3, 0.4) is 0 Å². The van der Waals surface area contributed by atoms with Crippen molar-refractivity contribution in [2.45, 2.75) is 43.6 Å². The van der Waals surface area contributed by atoms with Crippen LogP contribution in [-0.4, -0.2) is 74.6 Å². The maximum Gasteiger partial charge on any atom is 0.409 e. The van der Waals surface area contributed by atoms with Crippen molar-refractivity contribution >= 4 is 23.8 Å². The molecule has 4 rings (SSSR count). The van der Waals surface area contributed by atoms with Gasteiger partial charge in [-0.15, -0.1) is 5.10 Å². The van der Waals surface area contributed by atoms with E-state index in [1.807, 2.05) is 13.8 Å². The molecule has 1 saturated heterocycles. The van der Waals surface area contributed by atoms with Crippen molar-refractivity contribution < 1.29 is 14.3 Å². The third-order valence-electron chi connectivity index (χ3n) is 5.56. The molecule has 3 heterocycles. The normalized spacial score (nSPS) is 20.3. The molecule has 8 nitrogen and oxygen atoms in total. The number of aryl methyl sites for hydroxylation is 2. The van der Waals surface area contributed by atoms with Gasteiger partial charge in [0.2, 0.25) is 0 Å². The number of rotatable bonds is 5. The predicted octanol–water partition coefficient (Wildman–Crippen LogP) is 2.78. The van der Waals surface area contributed by atoms with Gasteiger partial charge in [0, 0.05) is 32.6 Å². The van der Waals surface area contributed by atoms with Crippen LogP contribution in [0, 0.1) is 6.92 Å². The zero-order chi connectivity index (χ0) is 21.3. The molecule has 2 aliphatic rings. The number of carbonyl (C=O) groups excluding carboxylic acids is 2. The van der Waals surface area contributed by atoms with Crippen molar-refractivity contribution in [2.24, 2.45) is 0 Å². The first-order valence-electron chi connectivity index (χ1n) is 10.4. The van der Waals surface area contributed by atoms with E-state index in [0.717, 1.165) is 5.56 Å². The summed E-state index contributed by atoms with van der Waals surface area (Å²) in [6.07, 6.45) is 0.433. The highest BCUT2D eigenvalue weighted by molar-refractivity contribution is 8.00. The summed E-state index contributed by atoms with van der Waals surface area (Å²) in [4.78, 5) is 33.8. The fourth-order valence-electron chi connectivity index (χ4n) is 3.93. The Morgan fingerprint density at radius 2 is 1.90 bits per heavy atom. The summed E-state index contributed by atoms with van der Waals surface area (Å²) in [5.74, 6) is 0.667. The molecule has 1 fully saturated rings. The Bertz CT molecular complexity index is 921. The summed E-state index contributed by atoms with van der Waals surface area (Å²) in [5.41, 5.74) is 2.27. The Balaban J connectivity index is 1.57. The molecule has 2 aliphatic heterocycles. The van der Waals surface area contributed by atoms with Gasteiger partial charge in [0.25, 0.3) is 5.91 Å². The van der Waals surface area contributed by atoms with E-state index >= 15 is 0 Å². The third kappa shape index (κ3) is 3.96. The molecule has 0 aliphatic carbocycles. The van der Waals surface area contributed by atoms with Gasteiger partial charge in [-0.25, -0.2) is 9.78 Å². The molecule has 0 saturated carbocycles.